The van der Waals surface area contributed by atoms with Gasteiger partial charge in [0.05, 0.1) is 0 Å². The predicted octanol–water partition coefficient (Wildman–Crippen LogP) is 4.49. The molecule has 0 radical (unpaired) electrons. The first-order valence-electron chi connectivity index (χ1n) is 7.06. The van der Waals surface area contributed by atoms with Crippen molar-refractivity contribution < 1.29 is 0 Å². The van der Waals surface area contributed by atoms with Crippen LogP contribution in [-0.2, 0) is 12.0 Å². The van der Waals surface area contributed by atoms with E-state index in [9.17, 15) is 0 Å². The van der Waals surface area contributed by atoms with Crippen molar-refractivity contribution in [2.24, 2.45) is 0 Å². The molecule has 0 aliphatic heterocycles. The number of hydrogen-bond acceptors (Lipinski definition) is 2. The summed E-state index contributed by atoms with van der Waals surface area (Å²) in [7, 11) is 0. The monoisotopic (exact) mass is 268 g/mol. The number of hydrogen-bond donors (Lipinski definition) is 2. The maximum Gasteiger partial charge on any atom is 0.0401 e. The number of benzene rings is 2. The van der Waals surface area contributed by atoms with Crippen LogP contribution in [-0.4, -0.2) is 0 Å². The summed E-state index contributed by atoms with van der Waals surface area (Å²) in [6, 6.07) is 14.6. The average Bonchev–Trinajstić information content (AvgIpc) is 2.36. The van der Waals surface area contributed by atoms with E-state index in [2.05, 4.69) is 57.3 Å². The largest absolute Gasteiger partial charge is 0.399 e. The molecule has 2 aromatic rings. The summed E-state index contributed by atoms with van der Waals surface area (Å²) in [6.07, 6.45) is 0. The predicted molar refractivity (Wildman–Crippen MR) is 88.1 cm³/mol. The normalized spacial score (nSPS) is 11.4. The second-order valence-electron chi connectivity index (χ2n) is 6.38. The molecule has 0 amide bonds. The fraction of sp³-hybridized carbons (Fsp3) is 0.333. The minimum Gasteiger partial charge on any atom is -0.399 e. The second kappa shape index (κ2) is 5.58. The first-order valence-corrected chi connectivity index (χ1v) is 7.06. The van der Waals surface area contributed by atoms with Crippen molar-refractivity contribution in [3.63, 3.8) is 0 Å². The number of nitrogens with two attached hydrogens (primary N) is 1. The molecular formula is C18H24N2. The highest BCUT2D eigenvalue weighted by molar-refractivity contribution is 5.53. The lowest BCUT2D eigenvalue weighted by Gasteiger charge is -2.21. The van der Waals surface area contributed by atoms with Crippen LogP contribution >= 0.6 is 0 Å². The zero-order valence-electron chi connectivity index (χ0n) is 12.8. The van der Waals surface area contributed by atoms with Crippen LogP contribution in [0, 0.1) is 6.92 Å². The quantitative estimate of drug-likeness (QED) is 0.805. The minimum atomic E-state index is 0.192. The van der Waals surface area contributed by atoms with Crippen molar-refractivity contribution in [2.75, 3.05) is 11.1 Å². The van der Waals surface area contributed by atoms with E-state index in [1.807, 2.05) is 18.2 Å². The molecule has 0 fully saturated rings. The fourth-order valence-electron chi connectivity index (χ4n) is 2.23. The highest BCUT2D eigenvalue weighted by atomic mass is 14.9. The van der Waals surface area contributed by atoms with Gasteiger partial charge in [0.15, 0.2) is 0 Å². The molecule has 0 atom stereocenters. The summed E-state index contributed by atoms with van der Waals surface area (Å²) in [4.78, 5) is 0. The fourth-order valence-corrected chi connectivity index (χ4v) is 2.23. The van der Waals surface area contributed by atoms with Crippen LogP contribution in [0.2, 0.25) is 0 Å². The van der Waals surface area contributed by atoms with Gasteiger partial charge in [-0.25, -0.2) is 0 Å². The van der Waals surface area contributed by atoms with Gasteiger partial charge in [0, 0.05) is 17.9 Å². The van der Waals surface area contributed by atoms with Gasteiger partial charge in [-0.15, -0.1) is 0 Å². The summed E-state index contributed by atoms with van der Waals surface area (Å²) in [5, 5.41) is 3.48. The number of anilines is 2. The molecule has 2 aromatic carbocycles. The first kappa shape index (κ1) is 14.4. The van der Waals surface area contributed by atoms with E-state index < -0.39 is 0 Å². The lowest BCUT2D eigenvalue weighted by molar-refractivity contribution is 0.590. The third kappa shape index (κ3) is 3.53. The van der Waals surface area contributed by atoms with E-state index in [-0.39, 0.29) is 5.41 Å². The van der Waals surface area contributed by atoms with E-state index in [0.29, 0.717) is 0 Å². The molecular weight excluding hydrogens is 244 g/mol. The Morgan fingerprint density at radius 1 is 1.05 bits per heavy atom. The van der Waals surface area contributed by atoms with Crippen LogP contribution in [0.15, 0.2) is 42.5 Å². The number of nitrogens with one attached hydrogen (secondary N) is 1. The summed E-state index contributed by atoms with van der Waals surface area (Å²) in [5.41, 5.74) is 11.8. The third-order valence-electron chi connectivity index (χ3n) is 3.53. The van der Waals surface area contributed by atoms with Crippen molar-refractivity contribution in [1.82, 2.24) is 0 Å². The molecule has 3 N–H and O–H groups in total. The SMILES string of the molecule is Cc1cc(C(C)(C)C)ccc1NCc1cccc(N)c1. The van der Waals surface area contributed by atoms with E-state index in [1.54, 1.807) is 0 Å². The number of aryl methyl sites for hydroxylation is 1. The Balaban J connectivity index is 2.11. The van der Waals surface area contributed by atoms with Gasteiger partial charge < -0.3 is 11.1 Å². The molecule has 0 unspecified atom stereocenters. The molecule has 20 heavy (non-hydrogen) atoms. The first-order chi connectivity index (χ1) is 9.36. The van der Waals surface area contributed by atoms with Crippen molar-refractivity contribution in [1.29, 1.82) is 0 Å². The third-order valence-corrected chi connectivity index (χ3v) is 3.53. The standard InChI is InChI=1S/C18H24N2/c1-13-10-15(18(2,3)4)8-9-17(13)20-12-14-6-5-7-16(19)11-14/h5-11,20H,12,19H2,1-4H3. The molecule has 0 aliphatic carbocycles. The van der Waals surface area contributed by atoms with Crippen molar-refractivity contribution >= 4 is 11.4 Å². The van der Waals surface area contributed by atoms with Gasteiger partial charge in [-0.2, -0.15) is 0 Å². The molecule has 0 aliphatic rings. The summed E-state index contributed by atoms with van der Waals surface area (Å²) in [5.74, 6) is 0. The molecule has 2 heteroatoms. The Morgan fingerprint density at radius 3 is 2.40 bits per heavy atom. The highest BCUT2D eigenvalue weighted by Gasteiger charge is 2.14. The zero-order valence-corrected chi connectivity index (χ0v) is 12.8. The Morgan fingerprint density at radius 2 is 1.80 bits per heavy atom. The van der Waals surface area contributed by atoms with Crippen molar-refractivity contribution in [3.8, 4) is 0 Å². The molecule has 0 saturated carbocycles. The van der Waals surface area contributed by atoms with Gasteiger partial charge in [0.2, 0.25) is 0 Å². The van der Waals surface area contributed by atoms with E-state index in [1.165, 1.54) is 22.4 Å². The van der Waals surface area contributed by atoms with Crippen LogP contribution in [0.1, 0.15) is 37.5 Å². The van der Waals surface area contributed by atoms with Gasteiger partial charge in [-0.05, 0) is 47.2 Å². The average molecular weight is 268 g/mol. The molecule has 0 heterocycles. The molecule has 0 bridgehead atoms. The Kier molecular flexibility index (Phi) is 4.03. The smallest absolute Gasteiger partial charge is 0.0401 e. The molecule has 0 saturated heterocycles. The van der Waals surface area contributed by atoms with Gasteiger partial charge in [0.1, 0.15) is 0 Å². The van der Waals surface area contributed by atoms with Crippen LogP contribution in [0.4, 0.5) is 11.4 Å². The zero-order chi connectivity index (χ0) is 14.8. The van der Waals surface area contributed by atoms with Gasteiger partial charge in [-0.1, -0.05) is 45.0 Å². The lowest BCUT2D eigenvalue weighted by atomic mass is 9.86. The maximum atomic E-state index is 5.80. The Bertz CT molecular complexity index is 595. The van der Waals surface area contributed by atoms with Crippen LogP contribution in [0.25, 0.3) is 0 Å². The van der Waals surface area contributed by atoms with Crippen molar-refractivity contribution in [2.45, 2.75) is 39.7 Å². The number of rotatable bonds is 3. The topological polar surface area (TPSA) is 38.0 Å². The summed E-state index contributed by atoms with van der Waals surface area (Å²) in [6.45, 7) is 9.66. The van der Waals surface area contributed by atoms with Gasteiger partial charge in [-0.3, -0.25) is 0 Å². The van der Waals surface area contributed by atoms with Gasteiger partial charge in [0.25, 0.3) is 0 Å². The van der Waals surface area contributed by atoms with E-state index >= 15 is 0 Å². The minimum absolute atomic E-state index is 0.192. The molecule has 2 rings (SSSR count). The highest BCUT2D eigenvalue weighted by Crippen LogP contribution is 2.26. The van der Waals surface area contributed by atoms with Gasteiger partial charge >= 0.3 is 0 Å². The summed E-state index contributed by atoms with van der Waals surface area (Å²) >= 11 is 0. The number of nitrogen functional groups attached to an aromatic ring is 1. The van der Waals surface area contributed by atoms with Crippen LogP contribution in [0.3, 0.4) is 0 Å². The molecule has 2 nitrogen and oxygen atoms in total. The Labute approximate surface area is 122 Å². The van der Waals surface area contributed by atoms with Crippen LogP contribution < -0.4 is 11.1 Å². The summed E-state index contributed by atoms with van der Waals surface area (Å²) < 4.78 is 0. The molecule has 0 aromatic heterocycles. The Hall–Kier alpha value is -1.96. The van der Waals surface area contributed by atoms with E-state index in [4.69, 9.17) is 5.73 Å². The van der Waals surface area contributed by atoms with Crippen LogP contribution in [0.5, 0.6) is 0 Å². The lowest BCUT2D eigenvalue weighted by Crippen LogP contribution is -2.11. The molecule has 106 valence electrons. The van der Waals surface area contributed by atoms with Crippen molar-refractivity contribution in [3.05, 3.63) is 59.2 Å². The van der Waals surface area contributed by atoms with E-state index in [0.717, 1.165) is 12.2 Å². The molecule has 0 spiro atoms. The maximum absolute atomic E-state index is 5.80. The second-order valence-corrected chi connectivity index (χ2v) is 6.38.